The molecular formula is C24H18ClNO4. The van der Waals surface area contributed by atoms with Crippen LogP contribution < -0.4 is 14.2 Å². The number of allylic oxidation sites excluding steroid dienone is 1. The molecule has 3 aromatic carbocycles. The molecule has 0 saturated carbocycles. The molecule has 0 spiro atoms. The second-order valence-corrected chi connectivity index (χ2v) is 6.64. The maximum Gasteiger partial charge on any atom is 0.343 e. The molecule has 0 amide bonds. The Balaban J connectivity index is 1.85. The molecule has 0 aromatic heterocycles. The highest BCUT2D eigenvalue weighted by molar-refractivity contribution is 6.30. The molecule has 3 aromatic rings. The van der Waals surface area contributed by atoms with E-state index >= 15 is 0 Å². The number of methoxy groups -OCH3 is 2. The Hall–Kier alpha value is -3.75. The summed E-state index contributed by atoms with van der Waals surface area (Å²) in [6.07, 6.45) is 1.73. The molecule has 0 saturated heterocycles. The number of hydrogen-bond acceptors (Lipinski definition) is 5. The first-order chi connectivity index (χ1) is 14.5. The molecule has 5 nitrogen and oxygen atoms in total. The predicted octanol–water partition coefficient (Wildman–Crippen LogP) is 5.64. The van der Waals surface area contributed by atoms with Gasteiger partial charge in [0.05, 0.1) is 31.4 Å². The molecule has 0 aliphatic rings. The lowest BCUT2D eigenvalue weighted by molar-refractivity contribution is 0.0729. The summed E-state index contributed by atoms with van der Waals surface area (Å²) < 4.78 is 16.0. The lowest BCUT2D eigenvalue weighted by atomic mass is 10.0. The lowest BCUT2D eigenvalue weighted by Gasteiger charge is -2.10. The van der Waals surface area contributed by atoms with Gasteiger partial charge in [0.1, 0.15) is 5.75 Å². The minimum absolute atomic E-state index is 0.276. The van der Waals surface area contributed by atoms with Gasteiger partial charge in [0.25, 0.3) is 0 Å². The Kier molecular flexibility index (Phi) is 6.74. The van der Waals surface area contributed by atoms with Crippen LogP contribution in [-0.4, -0.2) is 20.2 Å². The summed E-state index contributed by atoms with van der Waals surface area (Å²) in [6, 6.07) is 20.9. The summed E-state index contributed by atoms with van der Waals surface area (Å²) in [5.41, 5.74) is 2.34. The van der Waals surface area contributed by atoms with Crippen molar-refractivity contribution < 1.29 is 19.0 Å². The summed E-state index contributed by atoms with van der Waals surface area (Å²) in [6.45, 7) is 0. The number of rotatable bonds is 6. The number of nitriles is 1. The highest BCUT2D eigenvalue weighted by atomic mass is 35.5. The molecule has 30 heavy (non-hydrogen) atoms. The molecule has 0 aliphatic carbocycles. The van der Waals surface area contributed by atoms with Crippen LogP contribution in [-0.2, 0) is 0 Å². The van der Waals surface area contributed by atoms with Gasteiger partial charge in [-0.2, -0.15) is 5.26 Å². The van der Waals surface area contributed by atoms with Crippen LogP contribution >= 0.6 is 11.6 Å². The van der Waals surface area contributed by atoms with Crippen LogP contribution in [0.1, 0.15) is 21.5 Å². The maximum atomic E-state index is 12.4. The van der Waals surface area contributed by atoms with Crippen molar-refractivity contribution in [1.29, 1.82) is 5.26 Å². The Bertz CT molecular complexity index is 1110. The fourth-order valence-corrected chi connectivity index (χ4v) is 2.85. The number of carbonyl (C=O) groups excluding carboxylic acids is 1. The zero-order chi connectivity index (χ0) is 21.5. The Morgan fingerprint density at radius 1 is 0.900 bits per heavy atom. The van der Waals surface area contributed by atoms with E-state index in [1.165, 1.54) is 7.11 Å². The van der Waals surface area contributed by atoms with Crippen molar-refractivity contribution in [2.24, 2.45) is 0 Å². The second kappa shape index (κ2) is 9.64. The average Bonchev–Trinajstić information content (AvgIpc) is 2.78. The minimum atomic E-state index is -0.524. The van der Waals surface area contributed by atoms with Crippen LogP contribution in [0.15, 0.2) is 66.7 Å². The van der Waals surface area contributed by atoms with Crippen LogP contribution in [0, 0.1) is 11.3 Å². The van der Waals surface area contributed by atoms with E-state index in [0.717, 1.165) is 11.1 Å². The van der Waals surface area contributed by atoms with Crippen LogP contribution in [0.3, 0.4) is 0 Å². The van der Waals surface area contributed by atoms with Gasteiger partial charge in [-0.25, -0.2) is 4.79 Å². The SMILES string of the molecule is COc1ccc(/C(C#N)=C\c2ccc(OC(=O)c3ccc(Cl)cc3)c(OC)c2)cc1. The molecule has 0 N–H and O–H groups in total. The first-order valence-electron chi connectivity index (χ1n) is 8.96. The van der Waals surface area contributed by atoms with Crippen LogP contribution in [0.5, 0.6) is 17.2 Å². The van der Waals surface area contributed by atoms with Crippen molar-refractivity contribution in [3.63, 3.8) is 0 Å². The van der Waals surface area contributed by atoms with Crippen molar-refractivity contribution >= 4 is 29.2 Å². The molecule has 3 rings (SSSR count). The van der Waals surface area contributed by atoms with Gasteiger partial charge in [-0.1, -0.05) is 17.7 Å². The second-order valence-electron chi connectivity index (χ2n) is 6.21. The molecular weight excluding hydrogens is 402 g/mol. The standard InChI is InChI=1S/C24H18ClNO4/c1-28-21-10-6-17(7-11-21)19(15-26)13-16-3-12-22(23(14-16)29-2)30-24(27)18-4-8-20(25)9-5-18/h3-14H,1-2H3/b19-13-. The number of halogens is 1. The highest BCUT2D eigenvalue weighted by Crippen LogP contribution is 2.31. The molecule has 0 atom stereocenters. The van der Waals surface area contributed by atoms with E-state index in [1.54, 1.807) is 67.8 Å². The quantitative estimate of drug-likeness (QED) is 0.224. The van der Waals surface area contributed by atoms with Crippen LogP contribution in [0.4, 0.5) is 0 Å². The molecule has 0 heterocycles. The summed E-state index contributed by atoms with van der Waals surface area (Å²) in [4.78, 5) is 12.4. The van der Waals surface area contributed by atoms with Gasteiger partial charge in [0, 0.05) is 5.02 Å². The molecule has 0 aliphatic heterocycles. The first-order valence-corrected chi connectivity index (χ1v) is 9.34. The number of hydrogen-bond donors (Lipinski definition) is 0. The van der Waals surface area contributed by atoms with Crippen molar-refractivity contribution in [2.75, 3.05) is 14.2 Å². The number of esters is 1. The van der Waals surface area contributed by atoms with Crippen molar-refractivity contribution in [1.82, 2.24) is 0 Å². The average molecular weight is 420 g/mol. The highest BCUT2D eigenvalue weighted by Gasteiger charge is 2.13. The summed E-state index contributed by atoms with van der Waals surface area (Å²) in [5, 5.41) is 10.1. The summed E-state index contributed by atoms with van der Waals surface area (Å²) in [7, 11) is 3.07. The topological polar surface area (TPSA) is 68.5 Å². The molecule has 150 valence electrons. The van der Waals surface area contributed by atoms with Gasteiger partial charge in [0.15, 0.2) is 11.5 Å². The van der Waals surface area contributed by atoms with Gasteiger partial charge in [-0.05, 0) is 77.9 Å². The number of ether oxygens (including phenoxy) is 3. The van der Waals surface area contributed by atoms with E-state index in [-0.39, 0.29) is 5.75 Å². The zero-order valence-corrected chi connectivity index (χ0v) is 17.1. The van der Waals surface area contributed by atoms with Gasteiger partial charge in [-0.15, -0.1) is 0 Å². The fourth-order valence-electron chi connectivity index (χ4n) is 2.72. The van der Waals surface area contributed by atoms with E-state index in [9.17, 15) is 10.1 Å². The summed E-state index contributed by atoms with van der Waals surface area (Å²) in [5.74, 6) is 0.837. The number of nitrogens with zero attached hydrogens (tertiary/aromatic N) is 1. The molecule has 6 heteroatoms. The van der Waals surface area contributed by atoms with Gasteiger partial charge < -0.3 is 14.2 Å². The lowest BCUT2D eigenvalue weighted by Crippen LogP contribution is -2.09. The Morgan fingerprint density at radius 2 is 1.57 bits per heavy atom. The predicted molar refractivity (Wildman–Crippen MR) is 116 cm³/mol. The van der Waals surface area contributed by atoms with Gasteiger partial charge >= 0.3 is 5.97 Å². The van der Waals surface area contributed by atoms with Gasteiger partial charge in [0.2, 0.25) is 0 Å². The number of benzene rings is 3. The molecule has 0 fully saturated rings. The zero-order valence-electron chi connectivity index (χ0n) is 16.4. The van der Waals surface area contributed by atoms with Crippen LogP contribution in [0.2, 0.25) is 5.02 Å². The van der Waals surface area contributed by atoms with E-state index in [4.69, 9.17) is 25.8 Å². The molecule has 0 radical (unpaired) electrons. The fraction of sp³-hybridized carbons (Fsp3) is 0.0833. The van der Waals surface area contributed by atoms with Crippen molar-refractivity contribution in [3.05, 3.63) is 88.4 Å². The largest absolute Gasteiger partial charge is 0.497 e. The third-order valence-electron chi connectivity index (χ3n) is 4.30. The first kappa shape index (κ1) is 21.0. The Labute approximate surface area is 179 Å². The third kappa shape index (κ3) is 4.99. The van der Waals surface area contributed by atoms with E-state index in [1.807, 2.05) is 12.1 Å². The molecule has 0 unspecified atom stereocenters. The van der Waals surface area contributed by atoms with Gasteiger partial charge in [-0.3, -0.25) is 0 Å². The smallest absolute Gasteiger partial charge is 0.343 e. The van der Waals surface area contributed by atoms with Crippen molar-refractivity contribution in [3.8, 4) is 23.3 Å². The van der Waals surface area contributed by atoms with E-state index in [2.05, 4.69) is 6.07 Å². The molecule has 0 bridgehead atoms. The monoisotopic (exact) mass is 419 g/mol. The van der Waals surface area contributed by atoms with Crippen LogP contribution in [0.25, 0.3) is 11.6 Å². The number of carbonyl (C=O) groups is 1. The Morgan fingerprint density at radius 3 is 2.17 bits per heavy atom. The summed E-state index contributed by atoms with van der Waals surface area (Å²) >= 11 is 5.85. The minimum Gasteiger partial charge on any atom is -0.497 e. The van der Waals surface area contributed by atoms with E-state index < -0.39 is 5.97 Å². The van der Waals surface area contributed by atoms with E-state index in [0.29, 0.717) is 27.7 Å². The normalized spacial score (nSPS) is 10.8. The maximum absolute atomic E-state index is 12.4. The third-order valence-corrected chi connectivity index (χ3v) is 4.55. The van der Waals surface area contributed by atoms with Crippen molar-refractivity contribution in [2.45, 2.75) is 0 Å².